The molecule has 2 heterocycles. The third kappa shape index (κ3) is 6.42. The fourth-order valence-electron chi connectivity index (χ4n) is 7.91. The standard InChI is InChI=1S/C52H38N6/c1-37-53-51(39-17-6-2-7-18-39)55-52(54-37)58-49-28-15-14-25-47(49)48-27-16-26-46(50(48)58)38-29-31-43(32-30-38)57(42-23-12-5-13-24-42)45-35-33-44(34-36-45)56(40-19-8-3-9-20-40)41-21-10-4-11-22-41/h2-36H,1H3. The van der Waals surface area contributed by atoms with Crippen molar-refractivity contribution in [1.29, 1.82) is 0 Å². The van der Waals surface area contributed by atoms with Crippen LogP contribution in [0.5, 0.6) is 0 Å². The van der Waals surface area contributed by atoms with Crippen LogP contribution in [0.15, 0.2) is 212 Å². The zero-order valence-corrected chi connectivity index (χ0v) is 31.9. The number of aromatic nitrogens is 4. The lowest BCUT2D eigenvalue weighted by Gasteiger charge is -2.28. The van der Waals surface area contributed by atoms with E-state index >= 15 is 0 Å². The quantitative estimate of drug-likeness (QED) is 0.147. The van der Waals surface area contributed by atoms with Gasteiger partial charge in [0.25, 0.3) is 0 Å². The molecule has 10 aromatic rings. The Morgan fingerprint density at radius 2 is 0.810 bits per heavy atom. The molecular formula is C52H38N6. The number of benzene rings is 8. The van der Waals surface area contributed by atoms with E-state index in [0.29, 0.717) is 17.6 Å². The fraction of sp³-hybridized carbons (Fsp3) is 0.0192. The molecule has 2 aromatic heterocycles. The third-order valence-electron chi connectivity index (χ3n) is 10.5. The van der Waals surface area contributed by atoms with E-state index in [-0.39, 0.29) is 0 Å². The van der Waals surface area contributed by atoms with Crippen LogP contribution < -0.4 is 9.80 Å². The monoisotopic (exact) mass is 746 g/mol. The third-order valence-corrected chi connectivity index (χ3v) is 10.5. The Morgan fingerprint density at radius 1 is 0.362 bits per heavy atom. The lowest BCUT2D eigenvalue weighted by molar-refractivity contribution is 0.907. The van der Waals surface area contributed by atoms with E-state index < -0.39 is 0 Å². The molecule has 0 N–H and O–H groups in total. The minimum atomic E-state index is 0.596. The molecule has 0 aliphatic heterocycles. The number of fused-ring (bicyclic) bond motifs is 3. The highest BCUT2D eigenvalue weighted by atomic mass is 15.2. The molecule has 0 atom stereocenters. The lowest BCUT2D eigenvalue weighted by Crippen LogP contribution is -2.12. The summed E-state index contributed by atoms with van der Waals surface area (Å²) in [6.45, 7) is 1.93. The van der Waals surface area contributed by atoms with Gasteiger partial charge < -0.3 is 9.80 Å². The number of para-hydroxylation sites is 5. The van der Waals surface area contributed by atoms with Gasteiger partial charge in [0.2, 0.25) is 5.95 Å². The Labute approximate surface area is 337 Å². The van der Waals surface area contributed by atoms with Gasteiger partial charge in [0.1, 0.15) is 5.82 Å². The zero-order chi connectivity index (χ0) is 38.8. The number of hydrogen-bond donors (Lipinski definition) is 0. The highest BCUT2D eigenvalue weighted by molar-refractivity contribution is 6.13. The summed E-state index contributed by atoms with van der Waals surface area (Å²) in [4.78, 5) is 19.3. The summed E-state index contributed by atoms with van der Waals surface area (Å²) in [7, 11) is 0. The van der Waals surface area contributed by atoms with E-state index in [2.05, 4.69) is 196 Å². The molecule has 0 amide bonds. The molecular weight excluding hydrogens is 709 g/mol. The van der Waals surface area contributed by atoms with Gasteiger partial charge >= 0.3 is 0 Å². The molecule has 0 aliphatic carbocycles. The maximum atomic E-state index is 5.07. The van der Waals surface area contributed by atoms with Gasteiger partial charge in [-0.2, -0.15) is 9.97 Å². The second-order valence-electron chi connectivity index (χ2n) is 14.2. The van der Waals surface area contributed by atoms with Crippen LogP contribution >= 0.6 is 0 Å². The predicted molar refractivity (Wildman–Crippen MR) is 239 cm³/mol. The van der Waals surface area contributed by atoms with Gasteiger partial charge in [0.05, 0.1) is 11.0 Å². The molecule has 0 bridgehead atoms. The van der Waals surface area contributed by atoms with Crippen LogP contribution in [0, 0.1) is 6.92 Å². The summed E-state index contributed by atoms with van der Waals surface area (Å²) in [5.74, 6) is 1.91. The molecule has 0 unspecified atom stereocenters. The van der Waals surface area contributed by atoms with Crippen LogP contribution in [0.4, 0.5) is 34.1 Å². The first-order chi connectivity index (χ1) is 28.7. The Morgan fingerprint density at radius 3 is 1.36 bits per heavy atom. The van der Waals surface area contributed by atoms with Crippen LogP contribution in [0.1, 0.15) is 5.82 Å². The largest absolute Gasteiger partial charge is 0.311 e. The fourth-order valence-corrected chi connectivity index (χ4v) is 7.91. The second-order valence-corrected chi connectivity index (χ2v) is 14.2. The Balaban J connectivity index is 1.07. The highest BCUT2D eigenvalue weighted by Crippen LogP contribution is 2.41. The van der Waals surface area contributed by atoms with E-state index in [1.165, 1.54) is 0 Å². The first-order valence-electron chi connectivity index (χ1n) is 19.5. The Hall–Kier alpha value is -7.83. The van der Waals surface area contributed by atoms with Crippen LogP contribution in [0.3, 0.4) is 0 Å². The highest BCUT2D eigenvalue weighted by Gasteiger charge is 2.20. The van der Waals surface area contributed by atoms with Crippen molar-refractivity contribution in [1.82, 2.24) is 19.5 Å². The minimum absolute atomic E-state index is 0.596. The first-order valence-corrected chi connectivity index (χ1v) is 19.5. The lowest BCUT2D eigenvalue weighted by atomic mass is 10.0. The second kappa shape index (κ2) is 15.0. The average Bonchev–Trinajstić information content (AvgIpc) is 3.63. The van der Waals surface area contributed by atoms with Crippen molar-refractivity contribution >= 4 is 55.9 Å². The van der Waals surface area contributed by atoms with Crippen LogP contribution in [-0.4, -0.2) is 19.5 Å². The molecule has 0 saturated carbocycles. The first kappa shape index (κ1) is 34.6. The van der Waals surface area contributed by atoms with Crippen molar-refractivity contribution in [3.05, 3.63) is 218 Å². The molecule has 10 rings (SSSR count). The molecule has 0 aliphatic rings. The Bertz CT molecular complexity index is 2940. The number of nitrogens with zero attached hydrogens (tertiary/aromatic N) is 6. The number of hydrogen-bond acceptors (Lipinski definition) is 5. The summed E-state index contributed by atoms with van der Waals surface area (Å²) < 4.78 is 2.20. The van der Waals surface area contributed by atoms with E-state index in [4.69, 9.17) is 15.0 Å². The van der Waals surface area contributed by atoms with Crippen LogP contribution in [-0.2, 0) is 0 Å². The van der Waals surface area contributed by atoms with Gasteiger partial charge in [-0.25, -0.2) is 4.98 Å². The maximum Gasteiger partial charge on any atom is 0.238 e. The van der Waals surface area contributed by atoms with Crippen LogP contribution in [0.2, 0.25) is 0 Å². The molecule has 6 nitrogen and oxygen atoms in total. The zero-order valence-electron chi connectivity index (χ0n) is 31.9. The van der Waals surface area contributed by atoms with E-state index in [1.807, 2.05) is 37.3 Å². The summed E-state index contributed by atoms with van der Waals surface area (Å²) in [5, 5.41) is 2.29. The van der Waals surface area contributed by atoms with Gasteiger partial charge in [-0.05, 0) is 91.3 Å². The van der Waals surface area contributed by atoms with Crippen molar-refractivity contribution < 1.29 is 0 Å². The van der Waals surface area contributed by atoms with E-state index in [0.717, 1.165) is 72.6 Å². The van der Waals surface area contributed by atoms with Gasteiger partial charge in [0.15, 0.2) is 5.82 Å². The maximum absolute atomic E-state index is 5.07. The Kier molecular flexibility index (Phi) is 8.97. The van der Waals surface area contributed by atoms with Crippen molar-refractivity contribution in [2.75, 3.05) is 9.80 Å². The number of anilines is 6. The van der Waals surface area contributed by atoms with Gasteiger partial charge in [0, 0.05) is 56.0 Å². The van der Waals surface area contributed by atoms with Gasteiger partial charge in [-0.1, -0.05) is 133 Å². The summed E-state index contributed by atoms with van der Waals surface area (Å²) in [6, 6.07) is 74.3. The number of aryl methyl sites for hydroxylation is 1. The molecule has 8 aromatic carbocycles. The summed E-state index contributed by atoms with van der Waals surface area (Å²) >= 11 is 0. The van der Waals surface area contributed by atoms with Crippen molar-refractivity contribution in [3.63, 3.8) is 0 Å². The minimum Gasteiger partial charge on any atom is -0.311 e. The molecule has 0 spiro atoms. The van der Waals surface area contributed by atoms with Gasteiger partial charge in [-0.15, -0.1) is 0 Å². The summed E-state index contributed by atoms with van der Waals surface area (Å²) in [5.41, 5.74) is 11.7. The molecule has 58 heavy (non-hydrogen) atoms. The normalized spacial score (nSPS) is 11.2. The average molecular weight is 747 g/mol. The molecule has 0 saturated heterocycles. The molecule has 6 heteroatoms. The summed E-state index contributed by atoms with van der Waals surface area (Å²) in [6.07, 6.45) is 0. The SMILES string of the molecule is Cc1nc(-c2ccccc2)nc(-n2c3ccccc3c3cccc(-c4ccc(N(c5ccccc5)c5ccc(N(c6ccccc6)c6ccccc6)cc5)cc4)c32)n1. The predicted octanol–water partition coefficient (Wildman–Crippen LogP) is 13.6. The van der Waals surface area contributed by atoms with E-state index in [1.54, 1.807) is 0 Å². The van der Waals surface area contributed by atoms with Crippen LogP contribution in [0.25, 0.3) is 50.3 Å². The van der Waals surface area contributed by atoms with Crippen molar-refractivity contribution in [3.8, 4) is 28.5 Å². The van der Waals surface area contributed by atoms with E-state index in [9.17, 15) is 0 Å². The van der Waals surface area contributed by atoms with Crippen molar-refractivity contribution in [2.45, 2.75) is 6.92 Å². The number of rotatable bonds is 9. The molecule has 276 valence electrons. The topological polar surface area (TPSA) is 50.1 Å². The molecule has 0 radical (unpaired) electrons. The smallest absolute Gasteiger partial charge is 0.238 e. The molecule has 0 fully saturated rings. The van der Waals surface area contributed by atoms with Crippen molar-refractivity contribution in [2.24, 2.45) is 0 Å². The van der Waals surface area contributed by atoms with Gasteiger partial charge in [-0.3, -0.25) is 4.57 Å².